The summed E-state index contributed by atoms with van der Waals surface area (Å²) in [6.45, 7) is 20.6. The summed E-state index contributed by atoms with van der Waals surface area (Å²) in [6.07, 6.45) is 0. The van der Waals surface area contributed by atoms with E-state index in [-0.39, 0.29) is 18.3 Å². The first-order valence-corrected chi connectivity index (χ1v) is 10.7. The van der Waals surface area contributed by atoms with Crippen LogP contribution in [-0.2, 0) is 15.9 Å². The average Bonchev–Trinajstić information content (AvgIpc) is 2.78. The molecule has 2 aliphatic heterocycles. The maximum Gasteiger partial charge on any atom is 0.495 e. The average molecular weight is 470 g/mol. The predicted molar refractivity (Wildman–Crippen MR) is 117 cm³/mol. The molecule has 1 aromatic rings. The fourth-order valence-corrected chi connectivity index (χ4v) is 4.52. The van der Waals surface area contributed by atoms with Crippen LogP contribution in [0.4, 0.5) is 0 Å². The summed E-state index contributed by atoms with van der Waals surface area (Å²) < 4.78 is 14.1. The fourth-order valence-electron chi connectivity index (χ4n) is 3.90. The van der Waals surface area contributed by atoms with E-state index in [0.717, 1.165) is 32.7 Å². The quantitative estimate of drug-likeness (QED) is 0.545. The van der Waals surface area contributed by atoms with Crippen LogP contribution in [0.2, 0.25) is 0 Å². The molecule has 0 radical (unpaired) electrons. The lowest BCUT2D eigenvalue weighted by molar-refractivity contribution is 0.00578. The lowest BCUT2D eigenvalue weighted by Crippen LogP contribution is -2.44. The fraction of sp³-hybridized carbons (Fsp3) is 0.700. The molecule has 3 rings (SSSR count). The summed E-state index contributed by atoms with van der Waals surface area (Å²) in [5, 5.41) is 3.44. The van der Waals surface area contributed by atoms with Crippen molar-refractivity contribution in [2.45, 2.75) is 66.2 Å². The van der Waals surface area contributed by atoms with Gasteiger partial charge >= 0.3 is 7.12 Å². The normalized spacial score (nSPS) is 22.8. The summed E-state index contributed by atoms with van der Waals surface area (Å²) in [4.78, 5) is 2.55. The molecule has 6 heteroatoms. The van der Waals surface area contributed by atoms with E-state index >= 15 is 0 Å². The first kappa shape index (κ1) is 20.6. The second-order valence-corrected chi connectivity index (χ2v) is 9.77. The zero-order valence-corrected chi connectivity index (χ0v) is 19.4. The molecule has 26 heavy (non-hydrogen) atoms. The van der Waals surface area contributed by atoms with Gasteiger partial charge in [0.05, 0.1) is 11.2 Å². The van der Waals surface area contributed by atoms with Gasteiger partial charge in [-0.2, -0.15) is 0 Å². The third kappa shape index (κ3) is 3.60. The van der Waals surface area contributed by atoms with Gasteiger partial charge in [0.15, 0.2) is 0 Å². The Morgan fingerprint density at radius 2 is 1.50 bits per heavy atom. The Kier molecular flexibility index (Phi) is 5.82. The molecule has 1 aromatic carbocycles. The smallest absolute Gasteiger partial charge is 0.399 e. The molecule has 1 N–H and O–H groups in total. The lowest BCUT2D eigenvalue weighted by Gasteiger charge is -2.32. The number of benzene rings is 1. The Labute approximate surface area is 172 Å². The van der Waals surface area contributed by atoms with Crippen molar-refractivity contribution in [2.24, 2.45) is 0 Å². The monoisotopic (exact) mass is 470 g/mol. The summed E-state index contributed by atoms with van der Waals surface area (Å²) in [5.41, 5.74) is 6.06. The van der Waals surface area contributed by atoms with Crippen molar-refractivity contribution in [3.05, 3.63) is 25.8 Å². The summed E-state index contributed by atoms with van der Waals surface area (Å²) in [6, 6.07) is 0. The van der Waals surface area contributed by atoms with Gasteiger partial charge in [0.25, 0.3) is 0 Å². The van der Waals surface area contributed by atoms with E-state index < -0.39 is 0 Å². The van der Waals surface area contributed by atoms with E-state index in [2.05, 4.69) is 81.3 Å². The number of piperazine rings is 1. The van der Waals surface area contributed by atoms with Gasteiger partial charge < -0.3 is 14.6 Å². The van der Waals surface area contributed by atoms with Gasteiger partial charge in [0, 0.05) is 36.3 Å². The highest BCUT2D eigenvalue weighted by Crippen LogP contribution is 2.37. The second-order valence-electron chi connectivity index (χ2n) is 8.70. The minimum Gasteiger partial charge on any atom is -0.399 e. The van der Waals surface area contributed by atoms with Gasteiger partial charge in [-0.25, -0.2) is 0 Å². The van der Waals surface area contributed by atoms with E-state index in [4.69, 9.17) is 9.31 Å². The number of rotatable bonds is 3. The van der Waals surface area contributed by atoms with Crippen LogP contribution in [0, 0.1) is 24.3 Å². The van der Waals surface area contributed by atoms with E-state index in [9.17, 15) is 0 Å². The number of nitrogens with one attached hydrogen (secondary N) is 1. The topological polar surface area (TPSA) is 33.7 Å². The Balaban J connectivity index is 2.00. The molecule has 0 bridgehead atoms. The Bertz CT molecular complexity index is 684. The molecule has 0 spiro atoms. The Morgan fingerprint density at radius 3 is 2.04 bits per heavy atom. The zero-order valence-electron chi connectivity index (χ0n) is 17.3. The van der Waals surface area contributed by atoms with E-state index in [1.54, 1.807) is 0 Å². The molecule has 2 aliphatic rings. The van der Waals surface area contributed by atoms with Gasteiger partial charge in [-0.05, 0) is 98.8 Å². The molecule has 0 aromatic heterocycles. The molecule has 0 amide bonds. The molecule has 4 nitrogen and oxygen atoms in total. The highest BCUT2D eigenvalue weighted by molar-refractivity contribution is 14.1. The van der Waals surface area contributed by atoms with Crippen LogP contribution < -0.4 is 10.8 Å². The van der Waals surface area contributed by atoms with Gasteiger partial charge in [-0.3, -0.25) is 4.90 Å². The van der Waals surface area contributed by atoms with E-state index in [0.29, 0.717) is 0 Å². The van der Waals surface area contributed by atoms with E-state index in [1.807, 2.05) is 0 Å². The predicted octanol–water partition coefficient (Wildman–Crippen LogP) is 2.92. The third-order valence-corrected chi connectivity index (χ3v) is 8.07. The van der Waals surface area contributed by atoms with Crippen molar-refractivity contribution in [3.8, 4) is 0 Å². The van der Waals surface area contributed by atoms with Crippen LogP contribution in [0.1, 0.15) is 49.9 Å². The molecule has 0 atom stereocenters. The number of hydrogen-bond donors (Lipinski definition) is 1. The molecular weight excluding hydrogens is 438 g/mol. The van der Waals surface area contributed by atoms with Crippen molar-refractivity contribution in [2.75, 3.05) is 26.2 Å². The molecule has 0 unspecified atom stereocenters. The molecule has 144 valence electrons. The Morgan fingerprint density at radius 1 is 0.962 bits per heavy atom. The van der Waals surface area contributed by atoms with Crippen molar-refractivity contribution in [1.82, 2.24) is 10.2 Å². The highest BCUT2D eigenvalue weighted by Gasteiger charge is 2.52. The number of halogens is 1. The molecule has 2 heterocycles. The largest absolute Gasteiger partial charge is 0.495 e. The van der Waals surface area contributed by atoms with E-state index in [1.165, 1.54) is 31.3 Å². The zero-order chi connectivity index (χ0) is 19.3. The molecule has 2 saturated heterocycles. The minimum absolute atomic E-state index is 0.295. The van der Waals surface area contributed by atoms with Crippen LogP contribution in [0.15, 0.2) is 0 Å². The van der Waals surface area contributed by atoms with Crippen molar-refractivity contribution >= 4 is 35.2 Å². The van der Waals surface area contributed by atoms with Gasteiger partial charge in [0.2, 0.25) is 0 Å². The van der Waals surface area contributed by atoms with Crippen LogP contribution >= 0.6 is 22.6 Å². The van der Waals surface area contributed by atoms with Gasteiger partial charge in [-0.1, -0.05) is 0 Å². The SMILES string of the molecule is Cc1c(I)c(C)c(B2OC(C)(C)C(C)(C)O2)c(C)c1CN1CCNCC1. The van der Waals surface area contributed by atoms with Gasteiger partial charge in [0.1, 0.15) is 0 Å². The molecule has 0 aliphatic carbocycles. The van der Waals surface area contributed by atoms with Crippen molar-refractivity contribution in [3.63, 3.8) is 0 Å². The minimum atomic E-state index is -0.314. The number of nitrogens with zero attached hydrogens (tertiary/aromatic N) is 1. The van der Waals surface area contributed by atoms with Crippen molar-refractivity contribution < 1.29 is 9.31 Å². The lowest BCUT2D eigenvalue weighted by atomic mass is 9.71. The third-order valence-electron chi connectivity index (χ3n) is 6.45. The highest BCUT2D eigenvalue weighted by atomic mass is 127. The van der Waals surface area contributed by atoms with Crippen LogP contribution in [-0.4, -0.2) is 49.4 Å². The van der Waals surface area contributed by atoms with Crippen LogP contribution in [0.25, 0.3) is 0 Å². The summed E-state index contributed by atoms with van der Waals surface area (Å²) in [7, 11) is -0.295. The Hall–Kier alpha value is -0.145. The van der Waals surface area contributed by atoms with Crippen molar-refractivity contribution in [1.29, 1.82) is 0 Å². The molecular formula is C20H32BIN2O2. The summed E-state index contributed by atoms with van der Waals surface area (Å²) in [5.74, 6) is 0. The van der Waals surface area contributed by atoms with Crippen LogP contribution in [0.5, 0.6) is 0 Å². The second kappa shape index (κ2) is 7.35. The molecule has 0 saturated carbocycles. The summed E-state index contributed by atoms with van der Waals surface area (Å²) >= 11 is 2.49. The maximum atomic E-state index is 6.40. The first-order valence-electron chi connectivity index (χ1n) is 9.62. The number of hydrogen-bond acceptors (Lipinski definition) is 4. The standard InChI is InChI=1S/C20H32BIN2O2/c1-13-16(12-24-10-8-23-9-11-24)14(2)18(22)15(3)17(13)21-25-19(4,5)20(6,7)26-21/h23H,8-12H2,1-7H3. The molecule has 2 fully saturated rings. The first-order chi connectivity index (χ1) is 12.0. The van der Waals surface area contributed by atoms with Gasteiger partial charge in [-0.15, -0.1) is 0 Å². The van der Waals surface area contributed by atoms with Crippen LogP contribution in [0.3, 0.4) is 0 Å². The maximum absolute atomic E-state index is 6.40.